The first-order valence-electron chi connectivity index (χ1n) is 10.0. The van der Waals surface area contributed by atoms with Crippen LogP contribution in [0.5, 0.6) is 5.88 Å². The van der Waals surface area contributed by atoms with Gasteiger partial charge in [0.2, 0.25) is 11.8 Å². The molecule has 1 aliphatic rings. The number of nitrogens with zero attached hydrogens (tertiary/aromatic N) is 3. The minimum absolute atomic E-state index is 0. The highest BCUT2D eigenvalue weighted by Crippen LogP contribution is 2.26. The molecule has 0 unspecified atom stereocenters. The van der Waals surface area contributed by atoms with E-state index in [2.05, 4.69) is 32.5 Å². The zero-order valence-electron chi connectivity index (χ0n) is 17.7. The van der Waals surface area contributed by atoms with Crippen molar-refractivity contribution in [1.82, 2.24) is 20.6 Å². The molecule has 8 heteroatoms. The summed E-state index contributed by atoms with van der Waals surface area (Å²) in [5, 5.41) is 6.52. The number of aromatic nitrogens is 2. The lowest BCUT2D eigenvalue weighted by Gasteiger charge is -2.26. The molecule has 0 spiro atoms. The first-order chi connectivity index (χ1) is 13.5. The molecule has 29 heavy (non-hydrogen) atoms. The van der Waals surface area contributed by atoms with E-state index in [0.29, 0.717) is 30.8 Å². The molecule has 1 fully saturated rings. The van der Waals surface area contributed by atoms with Crippen LogP contribution in [0.2, 0.25) is 0 Å². The average molecular weight is 513 g/mol. The second-order valence-corrected chi connectivity index (χ2v) is 7.53. The molecule has 1 aliphatic carbocycles. The zero-order chi connectivity index (χ0) is 19.9. The Kier molecular flexibility index (Phi) is 9.19. The van der Waals surface area contributed by atoms with E-state index in [1.165, 1.54) is 12.8 Å². The van der Waals surface area contributed by atoms with Crippen molar-refractivity contribution in [3.8, 4) is 5.88 Å². The lowest BCUT2D eigenvalue weighted by atomic mass is 9.89. The number of aryl methyl sites for hydroxylation is 2. The number of aliphatic imine (C=N–C) groups is 1. The smallest absolute Gasteiger partial charge is 0.214 e. The fourth-order valence-corrected chi connectivity index (χ4v) is 3.32. The molecule has 0 aliphatic heterocycles. The molecule has 2 heterocycles. The largest absolute Gasteiger partial charge is 0.474 e. The van der Waals surface area contributed by atoms with Gasteiger partial charge in [-0.3, -0.25) is 4.99 Å². The lowest BCUT2D eigenvalue weighted by Crippen LogP contribution is -2.36. The van der Waals surface area contributed by atoms with Crippen LogP contribution in [-0.2, 0) is 13.1 Å². The third kappa shape index (κ3) is 7.17. The molecule has 0 bridgehead atoms. The van der Waals surface area contributed by atoms with Crippen LogP contribution in [0.1, 0.15) is 55.5 Å². The summed E-state index contributed by atoms with van der Waals surface area (Å²) < 4.78 is 11.7. The predicted molar refractivity (Wildman–Crippen MR) is 125 cm³/mol. The Morgan fingerprint density at radius 2 is 1.93 bits per heavy atom. The second kappa shape index (κ2) is 11.4. The third-order valence-corrected chi connectivity index (χ3v) is 5.21. The highest BCUT2D eigenvalue weighted by Gasteiger charge is 2.19. The van der Waals surface area contributed by atoms with Gasteiger partial charge in [0.05, 0.1) is 12.2 Å². The number of pyridine rings is 1. The van der Waals surface area contributed by atoms with E-state index < -0.39 is 0 Å². The molecule has 0 radical (unpaired) electrons. The maximum absolute atomic E-state index is 6.09. The summed E-state index contributed by atoms with van der Waals surface area (Å²) in [4.78, 5) is 13.0. The maximum Gasteiger partial charge on any atom is 0.214 e. The number of guanidine groups is 1. The van der Waals surface area contributed by atoms with Gasteiger partial charge in [0.15, 0.2) is 5.96 Å². The number of nitrogens with one attached hydrogen (secondary N) is 2. The number of hydrogen-bond acceptors (Lipinski definition) is 5. The Balaban J connectivity index is 0.00000300. The molecular formula is C21H32IN5O2. The van der Waals surface area contributed by atoms with Gasteiger partial charge in [-0.05, 0) is 57.1 Å². The second-order valence-electron chi connectivity index (χ2n) is 7.53. The molecule has 2 aromatic rings. The topological polar surface area (TPSA) is 84.6 Å². The highest BCUT2D eigenvalue weighted by molar-refractivity contribution is 14.0. The van der Waals surface area contributed by atoms with Crippen LogP contribution in [0.4, 0.5) is 0 Å². The first-order valence-corrected chi connectivity index (χ1v) is 10.0. The van der Waals surface area contributed by atoms with Crippen LogP contribution in [0, 0.1) is 19.8 Å². The summed E-state index contributed by atoms with van der Waals surface area (Å²) in [6.45, 7) is 7.28. The lowest BCUT2D eigenvalue weighted by molar-refractivity contribution is 0.130. The normalized spacial score (nSPS) is 19.4. The molecule has 7 nitrogen and oxygen atoms in total. The third-order valence-electron chi connectivity index (χ3n) is 5.21. The van der Waals surface area contributed by atoms with Gasteiger partial charge in [-0.15, -0.1) is 24.0 Å². The zero-order valence-corrected chi connectivity index (χ0v) is 20.0. The summed E-state index contributed by atoms with van der Waals surface area (Å²) in [5.74, 6) is 3.70. The Bertz CT molecular complexity index is 781. The molecule has 0 aromatic carbocycles. The van der Waals surface area contributed by atoms with Crippen molar-refractivity contribution in [1.29, 1.82) is 0 Å². The fourth-order valence-electron chi connectivity index (χ4n) is 3.32. The number of halogens is 1. The van der Waals surface area contributed by atoms with Gasteiger partial charge in [0.25, 0.3) is 0 Å². The molecule has 0 saturated heterocycles. The Hall–Kier alpha value is -1.84. The van der Waals surface area contributed by atoms with E-state index in [1.807, 2.05) is 26.0 Å². The van der Waals surface area contributed by atoms with E-state index in [4.69, 9.17) is 9.15 Å². The van der Waals surface area contributed by atoms with Gasteiger partial charge in [0.1, 0.15) is 11.9 Å². The molecular weight excluding hydrogens is 481 g/mol. The van der Waals surface area contributed by atoms with Gasteiger partial charge in [-0.1, -0.05) is 6.92 Å². The summed E-state index contributed by atoms with van der Waals surface area (Å²) in [5.41, 5.74) is 2.01. The van der Waals surface area contributed by atoms with Crippen LogP contribution < -0.4 is 15.4 Å². The quantitative estimate of drug-likeness (QED) is 0.344. The van der Waals surface area contributed by atoms with Crippen LogP contribution in [0.25, 0.3) is 0 Å². The van der Waals surface area contributed by atoms with Crippen LogP contribution >= 0.6 is 24.0 Å². The van der Waals surface area contributed by atoms with Gasteiger partial charge < -0.3 is 19.8 Å². The number of oxazole rings is 1. The van der Waals surface area contributed by atoms with Crippen molar-refractivity contribution in [3.05, 3.63) is 41.2 Å². The van der Waals surface area contributed by atoms with Crippen LogP contribution in [-0.4, -0.2) is 29.1 Å². The minimum Gasteiger partial charge on any atom is -0.474 e. The predicted octanol–water partition coefficient (Wildman–Crippen LogP) is 4.13. The molecule has 1 saturated carbocycles. The average Bonchev–Trinajstić information content (AvgIpc) is 3.02. The maximum atomic E-state index is 6.09. The molecule has 0 atom stereocenters. The summed E-state index contributed by atoms with van der Waals surface area (Å²) in [6, 6.07) is 3.98. The monoisotopic (exact) mass is 513 g/mol. The molecule has 0 amide bonds. The number of rotatable bonds is 6. The molecule has 2 aromatic heterocycles. The van der Waals surface area contributed by atoms with Crippen LogP contribution in [0.15, 0.2) is 27.7 Å². The number of ether oxygens (including phenoxy) is 1. The van der Waals surface area contributed by atoms with Gasteiger partial charge in [-0.2, -0.15) is 0 Å². The van der Waals surface area contributed by atoms with Crippen molar-refractivity contribution >= 4 is 29.9 Å². The Labute approximate surface area is 190 Å². The Morgan fingerprint density at radius 1 is 1.21 bits per heavy atom. The Morgan fingerprint density at radius 3 is 2.59 bits per heavy atom. The molecule has 3 rings (SSSR count). The molecule has 160 valence electrons. The standard InChI is InChI=1S/C21H31N5O2.HI/c1-14-5-7-18(8-6-14)28-19-11-17(9-10-23-19)12-24-21(22-4)25-13-20-26-15(2)16(3)27-20;/h9-11,14,18H,5-8,12-13H2,1-4H3,(H2,22,24,25);1H. The van der Waals surface area contributed by atoms with E-state index in [-0.39, 0.29) is 30.1 Å². The summed E-state index contributed by atoms with van der Waals surface area (Å²) in [6.07, 6.45) is 6.78. The molecule has 2 N–H and O–H groups in total. The van der Waals surface area contributed by atoms with Crippen molar-refractivity contribution in [2.75, 3.05) is 7.05 Å². The number of hydrogen-bond donors (Lipinski definition) is 2. The van der Waals surface area contributed by atoms with Crippen molar-refractivity contribution < 1.29 is 9.15 Å². The minimum atomic E-state index is 0. The summed E-state index contributed by atoms with van der Waals surface area (Å²) >= 11 is 0. The van der Waals surface area contributed by atoms with Gasteiger partial charge >= 0.3 is 0 Å². The SMILES string of the molecule is CN=C(NCc1ccnc(OC2CCC(C)CC2)c1)NCc1nc(C)c(C)o1.I. The van der Waals surface area contributed by atoms with E-state index in [1.54, 1.807) is 13.2 Å². The van der Waals surface area contributed by atoms with Gasteiger partial charge in [0, 0.05) is 25.9 Å². The first kappa shape index (κ1) is 23.4. The van der Waals surface area contributed by atoms with Gasteiger partial charge in [-0.25, -0.2) is 9.97 Å². The van der Waals surface area contributed by atoms with Crippen LogP contribution in [0.3, 0.4) is 0 Å². The highest BCUT2D eigenvalue weighted by atomic mass is 127. The van der Waals surface area contributed by atoms with E-state index in [9.17, 15) is 0 Å². The summed E-state index contributed by atoms with van der Waals surface area (Å²) in [7, 11) is 1.74. The van der Waals surface area contributed by atoms with Crippen molar-refractivity contribution in [3.63, 3.8) is 0 Å². The van der Waals surface area contributed by atoms with E-state index >= 15 is 0 Å². The van der Waals surface area contributed by atoms with Crippen molar-refractivity contribution in [2.45, 2.75) is 65.6 Å². The fraction of sp³-hybridized carbons (Fsp3) is 0.571. The van der Waals surface area contributed by atoms with E-state index in [0.717, 1.165) is 35.8 Å². The van der Waals surface area contributed by atoms with Crippen molar-refractivity contribution in [2.24, 2.45) is 10.9 Å².